The molecule has 0 fully saturated rings. The number of pyridine rings is 1. The molecule has 3 aromatic rings. The highest BCUT2D eigenvalue weighted by Gasteiger charge is 2.50. The van der Waals surface area contributed by atoms with E-state index in [0.29, 0.717) is 37.6 Å². The van der Waals surface area contributed by atoms with Crippen molar-refractivity contribution >= 4 is 32.6 Å². The van der Waals surface area contributed by atoms with Crippen molar-refractivity contribution in [2.45, 2.75) is 52.1 Å². The van der Waals surface area contributed by atoms with Crippen molar-refractivity contribution in [2.75, 3.05) is 18.0 Å². The number of hydrogen-bond acceptors (Lipinski definition) is 6. The van der Waals surface area contributed by atoms with Crippen LogP contribution in [0, 0.1) is 6.92 Å². The second-order valence-electron chi connectivity index (χ2n) is 9.49. The molecular formula is C26H29F3N2O5S. The molecule has 37 heavy (non-hydrogen) atoms. The molecule has 0 atom stereocenters. The number of aromatic nitrogens is 1. The topological polar surface area (TPSA) is 85.8 Å². The van der Waals surface area contributed by atoms with Gasteiger partial charge in [0, 0.05) is 5.39 Å². The van der Waals surface area contributed by atoms with Crippen LogP contribution in [-0.4, -0.2) is 38.6 Å². The van der Waals surface area contributed by atoms with E-state index in [9.17, 15) is 26.4 Å². The molecule has 0 aliphatic carbocycles. The van der Waals surface area contributed by atoms with Gasteiger partial charge in [0.05, 0.1) is 31.5 Å². The third kappa shape index (κ3) is 5.82. The van der Waals surface area contributed by atoms with Gasteiger partial charge in [-0.2, -0.15) is 21.6 Å². The summed E-state index contributed by atoms with van der Waals surface area (Å²) in [6.45, 7) is 8.40. The van der Waals surface area contributed by atoms with Gasteiger partial charge in [0.15, 0.2) is 0 Å². The maximum Gasteiger partial charge on any atom is 0.516 e. The zero-order valence-electron chi connectivity index (χ0n) is 21.4. The van der Waals surface area contributed by atoms with Gasteiger partial charge < -0.3 is 9.47 Å². The number of nitrogens with zero attached hydrogens (tertiary/aromatic N) is 2. The monoisotopic (exact) mass is 538 g/mol. The van der Waals surface area contributed by atoms with Gasteiger partial charge in [-0.05, 0) is 66.3 Å². The van der Waals surface area contributed by atoms with Crippen LogP contribution >= 0.6 is 0 Å². The van der Waals surface area contributed by atoms with Gasteiger partial charge in [-0.3, -0.25) is 4.31 Å². The highest BCUT2D eigenvalue weighted by atomic mass is 32.2. The number of benzene rings is 2. The first-order valence-electron chi connectivity index (χ1n) is 11.4. The van der Waals surface area contributed by atoms with E-state index in [-0.39, 0.29) is 18.0 Å². The third-order valence-corrected chi connectivity index (χ3v) is 7.26. The van der Waals surface area contributed by atoms with Crippen LogP contribution < -0.4 is 9.04 Å². The molecule has 1 aromatic heterocycles. The van der Waals surface area contributed by atoms with Gasteiger partial charge in [0.1, 0.15) is 11.4 Å². The SMILES string of the molecule is CCOC(=O)c1cc(C)c2cc(N(Cc3ccc(OC)cc3)S(=O)(=O)C(F)(F)F)cc(C(C)(C)C)c2n1. The molecule has 2 aromatic carbocycles. The first-order valence-corrected chi connectivity index (χ1v) is 12.9. The number of methoxy groups -OCH3 is 1. The summed E-state index contributed by atoms with van der Waals surface area (Å²) in [7, 11) is -4.32. The number of anilines is 1. The fourth-order valence-corrected chi connectivity index (χ4v) is 4.79. The zero-order valence-corrected chi connectivity index (χ0v) is 22.2. The Balaban J connectivity index is 2.31. The molecule has 0 N–H and O–H groups in total. The molecule has 0 saturated heterocycles. The van der Waals surface area contributed by atoms with Crippen LogP contribution in [0.3, 0.4) is 0 Å². The van der Waals surface area contributed by atoms with E-state index in [1.807, 2.05) is 20.8 Å². The molecule has 1 heterocycles. The summed E-state index contributed by atoms with van der Waals surface area (Å²) in [5, 5.41) is 0.424. The van der Waals surface area contributed by atoms with Gasteiger partial charge in [0.2, 0.25) is 0 Å². The Morgan fingerprint density at radius 2 is 1.68 bits per heavy atom. The molecule has 7 nitrogen and oxygen atoms in total. The largest absolute Gasteiger partial charge is 0.516 e. The Morgan fingerprint density at radius 1 is 1.05 bits per heavy atom. The van der Waals surface area contributed by atoms with Gasteiger partial charge >= 0.3 is 21.5 Å². The summed E-state index contributed by atoms with van der Waals surface area (Å²) in [6.07, 6.45) is 0. The highest BCUT2D eigenvalue weighted by molar-refractivity contribution is 7.93. The Labute approximate surface area is 214 Å². The number of fused-ring (bicyclic) bond motifs is 1. The molecular weight excluding hydrogens is 509 g/mol. The number of hydrogen-bond donors (Lipinski definition) is 0. The van der Waals surface area contributed by atoms with E-state index in [1.54, 1.807) is 26.0 Å². The summed E-state index contributed by atoms with van der Waals surface area (Å²) in [6, 6.07) is 10.3. The lowest BCUT2D eigenvalue weighted by atomic mass is 9.84. The van der Waals surface area contributed by atoms with E-state index < -0.39 is 33.5 Å². The van der Waals surface area contributed by atoms with Gasteiger partial charge in [-0.1, -0.05) is 32.9 Å². The molecule has 0 bridgehead atoms. The number of carbonyl (C=O) groups excluding carboxylic acids is 1. The number of alkyl halides is 3. The van der Waals surface area contributed by atoms with Gasteiger partial charge in [-0.15, -0.1) is 0 Å². The van der Waals surface area contributed by atoms with Crippen molar-refractivity contribution in [3.63, 3.8) is 0 Å². The number of halogens is 3. The predicted octanol–water partition coefficient (Wildman–Crippen LogP) is 5.88. The first-order chi connectivity index (χ1) is 17.1. The summed E-state index contributed by atoms with van der Waals surface area (Å²) in [5.41, 5.74) is -4.57. The average Bonchev–Trinajstić information content (AvgIpc) is 2.81. The fourth-order valence-electron chi connectivity index (χ4n) is 3.84. The number of carbonyl (C=O) groups is 1. The number of esters is 1. The lowest BCUT2D eigenvalue weighted by Gasteiger charge is -2.29. The van der Waals surface area contributed by atoms with Crippen LogP contribution in [0.1, 0.15) is 54.9 Å². The third-order valence-electron chi connectivity index (χ3n) is 5.75. The number of sulfonamides is 1. The molecule has 0 unspecified atom stereocenters. The number of aryl methyl sites for hydroxylation is 1. The average molecular weight is 539 g/mol. The molecule has 3 rings (SSSR count). The first kappa shape index (κ1) is 28.2. The zero-order chi connectivity index (χ0) is 27.8. The fraction of sp³-hybridized carbons (Fsp3) is 0.385. The van der Waals surface area contributed by atoms with Crippen molar-refractivity contribution in [3.8, 4) is 5.75 Å². The molecule has 0 spiro atoms. The van der Waals surface area contributed by atoms with E-state index in [0.717, 1.165) is 0 Å². The molecule has 200 valence electrons. The van der Waals surface area contributed by atoms with Gasteiger partial charge in [-0.25, -0.2) is 9.78 Å². The minimum absolute atomic E-state index is 0.0584. The molecule has 11 heteroatoms. The Morgan fingerprint density at radius 3 is 2.19 bits per heavy atom. The summed E-state index contributed by atoms with van der Waals surface area (Å²) in [5.74, 6) is -0.147. The maximum atomic E-state index is 13.8. The standard InChI is InChI=1S/C26H29F3N2O5S/c1-7-36-24(32)22-12-16(2)20-13-18(14-21(23(20)30-22)25(3,4)5)31(37(33,34)26(27,28)29)15-17-8-10-19(35-6)11-9-17/h8-14H,7,15H2,1-6H3. The van der Waals surface area contributed by atoms with E-state index in [1.165, 1.54) is 37.4 Å². The van der Waals surface area contributed by atoms with Crippen LogP contribution in [0.5, 0.6) is 5.75 Å². The summed E-state index contributed by atoms with van der Waals surface area (Å²) < 4.78 is 77.5. The molecule has 0 aliphatic heterocycles. The van der Waals surface area contributed by atoms with Crippen LogP contribution in [0.2, 0.25) is 0 Å². The normalized spacial score (nSPS) is 12.5. The van der Waals surface area contributed by atoms with Crippen LogP contribution in [0.4, 0.5) is 18.9 Å². The number of ether oxygens (including phenoxy) is 2. The quantitative estimate of drug-likeness (QED) is 0.349. The summed E-state index contributed by atoms with van der Waals surface area (Å²) in [4.78, 5) is 16.8. The lowest BCUT2D eigenvalue weighted by Crippen LogP contribution is -2.40. The maximum absolute atomic E-state index is 13.8. The van der Waals surface area contributed by atoms with Crippen molar-refractivity contribution in [3.05, 3.63) is 64.8 Å². The Kier molecular flexibility index (Phi) is 7.78. The Hall–Kier alpha value is -3.34. The van der Waals surface area contributed by atoms with Crippen molar-refractivity contribution < 1.29 is 35.9 Å². The summed E-state index contributed by atoms with van der Waals surface area (Å²) >= 11 is 0. The molecule has 0 amide bonds. The van der Waals surface area contributed by atoms with Crippen LogP contribution in [0.15, 0.2) is 42.5 Å². The minimum Gasteiger partial charge on any atom is -0.497 e. The van der Waals surface area contributed by atoms with Gasteiger partial charge in [0.25, 0.3) is 0 Å². The molecule has 0 aliphatic rings. The smallest absolute Gasteiger partial charge is 0.497 e. The van der Waals surface area contributed by atoms with Crippen LogP contribution in [0.25, 0.3) is 10.9 Å². The lowest BCUT2D eigenvalue weighted by molar-refractivity contribution is -0.0438. The van der Waals surface area contributed by atoms with Crippen LogP contribution in [-0.2, 0) is 26.7 Å². The second-order valence-corrected chi connectivity index (χ2v) is 11.3. The second kappa shape index (κ2) is 10.2. The Bertz CT molecular complexity index is 1410. The van der Waals surface area contributed by atoms with E-state index in [4.69, 9.17) is 9.47 Å². The predicted molar refractivity (Wildman–Crippen MR) is 135 cm³/mol. The minimum atomic E-state index is -5.77. The van der Waals surface area contributed by atoms with Crippen molar-refractivity contribution in [1.82, 2.24) is 4.98 Å². The molecule has 0 radical (unpaired) electrons. The number of rotatable bonds is 7. The van der Waals surface area contributed by atoms with Crippen molar-refractivity contribution in [1.29, 1.82) is 0 Å². The van der Waals surface area contributed by atoms with E-state index >= 15 is 0 Å². The highest BCUT2D eigenvalue weighted by Crippen LogP contribution is 2.39. The van der Waals surface area contributed by atoms with Crippen molar-refractivity contribution in [2.24, 2.45) is 0 Å². The van der Waals surface area contributed by atoms with E-state index in [2.05, 4.69) is 4.98 Å². The molecule has 0 saturated carbocycles.